The lowest BCUT2D eigenvalue weighted by Gasteiger charge is -2.53. The van der Waals surface area contributed by atoms with Crippen molar-refractivity contribution in [1.29, 1.82) is 0 Å². The van der Waals surface area contributed by atoms with Gasteiger partial charge in [0, 0.05) is 53.8 Å². The molecule has 1 aromatic heterocycles. The smallest absolute Gasteiger partial charge is 0.315 e. The Labute approximate surface area is 208 Å². The molecule has 1 saturated heterocycles. The van der Waals surface area contributed by atoms with E-state index in [2.05, 4.69) is 25.7 Å². The van der Waals surface area contributed by atoms with Crippen LogP contribution in [-0.4, -0.2) is 48.6 Å². The van der Waals surface area contributed by atoms with E-state index in [9.17, 15) is 9.59 Å². The summed E-state index contributed by atoms with van der Waals surface area (Å²) in [6.07, 6.45) is 7.81. The molecule has 1 atom stereocenters. The van der Waals surface area contributed by atoms with Gasteiger partial charge in [-0.1, -0.05) is 34.7 Å². The number of nitrogens with one attached hydrogen (secondary N) is 2. The van der Waals surface area contributed by atoms with Crippen molar-refractivity contribution < 1.29 is 14.0 Å². The van der Waals surface area contributed by atoms with Crippen LogP contribution in [0.4, 0.5) is 11.7 Å². The quantitative estimate of drug-likeness (QED) is 0.482. The normalized spacial score (nSPS) is 20.3. The van der Waals surface area contributed by atoms with Crippen molar-refractivity contribution in [3.63, 3.8) is 0 Å². The number of rotatable bonds is 9. The Bertz CT molecular complexity index is 1050. The van der Waals surface area contributed by atoms with E-state index in [4.69, 9.17) is 27.6 Å². The number of aldehydes is 1. The van der Waals surface area contributed by atoms with Gasteiger partial charge in [-0.05, 0) is 49.7 Å². The second kappa shape index (κ2) is 9.38. The molecule has 3 aliphatic rings. The molecule has 1 spiro atoms. The third kappa shape index (κ3) is 4.38. The zero-order valence-electron chi connectivity index (χ0n) is 19.2. The molecule has 2 N–H and O–H groups in total. The fourth-order valence-corrected chi connectivity index (χ4v) is 6.30. The second-order valence-corrected chi connectivity index (χ2v) is 10.7. The lowest BCUT2D eigenvalue weighted by molar-refractivity contribution is -0.122. The molecule has 5 rings (SSSR count). The minimum atomic E-state index is -0.573. The molecule has 1 aliphatic heterocycles. The van der Waals surface area contributed by atoms with Crippen LogP contribution in [0.2, 0.25) is 10.0 Å². The number of likely N-dealkylation sites (N-methyl/N-ethyl adjacent to an activating group) is 1. The van der Waals surface area contributed by atoms with Gasteiger partial charge in [0.2, 0.25) is 11.8 Å². The number of halogens is 2. The minimum Gasteiger partial charge on any atom is -0.408 e. The van der Waals surface area contributed by atoms with Crippen molar-refractivity contribution >= 4 is 47.1 Å². The van der Waals surface area contributed by atoms with Crippen LogP contribution < -0.4 is 15.5 Å². The first-order valence-corrected chi connectivity index (χ1v) is 12.7. The van der Waals surface area contributed by atoms with E-state index in [-0.39, 0.29) is 18.4 Å². The van der Waals surface area contributed by atoms with E-state index >= 15 is 0 Å². The van der Waals surface area contributed by atoms with Crippen molar-refractivity contribution in [2.24, 2.45) is 5.41 Å². The molecule has 0 bridgehead atoms. The number of amides is 1. The van der Waals surface area contributed by atoms with E-state index in [0.29, 0.717) is 39.4 Å². The Balaban J connectivity index is 1.18. The molecule has 34 heavy (non-hydrogen) atoms. The summed E-state index contributed by atoms with van der Waals surface area (Å²) in [4.78, 5) is 25.3. The topological polar surface area (TPSA) is 100 Å². The van der Waals surface area contributed by atoms with Crippen LogP contribution in [0, 0.1) is 5.41 Å². The van der Waals surface area contributed by atoms with Crippen LogP contribution in [0.15, 0.2) is 16.5 Å². The highest BCUT2D eigenvalue weighted by Gasteiger charge is 2.50. The van der Waals surface area contributed by atoms with Gasteiger partial charge in [0.1, 0.15) is 6.29 Å². The molecule has 3 fully saturated rings. The van der Waals surface area contributed by atoms with E-state index in [1.54, 1.807) is 7.05 Å². The summed E-state index contributed by atoms with van der Waals surface area (Å²) in [5, 5.41) is 15.2. The number of carbonyl (C=O) groups is 2. The van der Waals surface area contributed by atoms with Crippen LogP contribution in [0.1, 0.15) is 68.2 Å². The first-order chi connectivity index (χ1) is 16.4. The van der Waals surface area contributed by atoms with Crippen LogP contribution >= 0.6 is 23.2 Å². The van der Waals surface area contributed by atoms with Gasteiger partial charge >= 0.3 is 6.01 Å². The summed E-state index contributed by atoms with van der Waals surface area (Å²) in [6, 6.07) is 4.31. The zero-order valence-corrected chi connectivity index (χ0v) is 20.7. The Morgan fingerprint density at radius 2 is 1.97 bits per heavy atom. The molecular weight excluding hydrogens is 477 g/mol. The van der Waals surface area contributed by atoms with Gasteiger partial charge in [0.25, 0.3) is 0 Å². The largest absolute Gasteiger partial charge is 0.408 e. The highest BCUT2D eigenvalue weighted by molar-refractivity contribution is 6.37. The summed E-state index contributed by atoms with van der Waals surface area (Å²) in [5.74, 6) is 0.381. The second-order valence-electron chi connectivity index (χ2n) is 9.88. The molecule has 1 aromatic carbocycles. The fourth-order valence-electron chi connectivity index (χ4n) is 5.56. The van der Waals surface area contributed by atoms with Gasteiger partial charge in [0.15, 0.2) is 0 Å². The summed E-state index contributed by atoms with van der Waals surface area (Å²) < 4.78 is 5.89. The highest BCUT2D eigenvalue weighted by atomic mass is 35.5. The van der Waals surface area contributed by atoms with Crippen LogP contribution in [0.5, 0.6) is 0 Å². The Hall–Kier alpha value is -2.32. The average Bonchev–Trinajstić information content (AvgIpc) is 3.17. The molecular formula is C24H29Cl2N5O3. The predicted octanol–water partition coefficient (Wildman–Crippen LogP) is 4.53. The maximum Gasteiger partial charge on any atom is 0.315 e. The standard InChI is InChI=1S/C24H29Cl2N5O3/c1-27-21(33)17(4-2-7-32)20-18(25)8-16(9-19(20)26)31-12-15(13-31)28-23-30-29-22(34-23)14-10-24(11-14)5-3-6-24/h7-9,14-15,17H,2-6,10-13H2,1H3,(H,27,33)(H,28,30). The molecule has 2 aliphatic carbocycles. The monoisotopic (exact) mass is 505 g/mol. The van der Waals surface area contributed by atoms with Crippen molar-refractivity contribution in [2.45, 2.75) is 62.8 Å². The lowest BCUT2D eigenvalue weighted by atomic mass is 9.52. The molecule has 8 nitrogen and oxygen atoms in total. The van der Waals surface area contributed by atoms with Gasteiger partial charge in [0.05, 0.1) is 12.0 Å². The third-order valence-corrected chi connectivity index (χ3v) is 8.31. The fraction of sp³-hybridized carbons (Fsp3) is 0.583. The van der Waals surface area contributed by atoms with Gasteiger partial charge in [-0.2, -0.15) is 0 Å². The molecule has 0 radical (unpaired) electrons. The molecule has 1 unspecified atom stereocenters. The van der Waals surface area contributed by atoms with Crippen LogP contribution in [0.3, 0.4) is 0 Å². The highest BCUT2D eigenvalue weighted by Crippen LogP contribution is 2.61. The number of aromatic nitrogens is 2. The first-order valence-electron chi connectivity index (χ1n) is 11.9. The predicted molar refractivity (Wildman–Crippen MR) is 131 cm³/mol. The molecule has 2 saturated carbocycles. The molecule has 2 aromatic rings. The van der Waals surface area contributed by atoms with Crippen molar-refractivity contribution in [1.82, 2.24) is 15.5 Å². The van der Waals surface area contributed by atoms with E-state index in [1.807, 2.05) is 12.1 Å². The van der Waals surface area contributed by atoms with Crippen LogP contribution in [0.25, 0.3) is 0 Å². The molecule has 182 valence electrons. The Morgan fingerprint density at radius 1 is 1.26 bits per heavy atom. The summed E-state index contributed by atoms with van der Waals surface area (Å²) >= 11 is 13.1. The van der Waals surface area contributed by atoms with Gasteiger partial charge in [-0.25, -0.2) is 0 Å². The first kappa shape index (κ1) is 23.4. The van der Waals surface area contributed by atoms with Gasteiger partial charge in [-0.3, -0.25) is 4.79 Å². The molecule has 1 amide bonds. The summed E-state index contributed by atoms with van der Waals surface area (Å²) in [7, 11) is 1.56. The SMILES string of the molecule is CNC(=O)C(CCC=O)c1c(Cl)cc(N2CC(Nc3nnc(C4CC5(CCC5)C4)o3)C2)cc1Cl. The number of hydrogen-bond donors (Lipinski definition) is 2. The summed E-state index contributed by atoms with van der Waals surface area (Å²) in [6.45, 7) is 1.47. The van der Waals surface area contributed by atoms with Crippen molar-refractivity contribution in [3.05, 3.63) is 33.6 Å². The number of anilines is 2. The number of hydrogen-bond acceptors (Lipinski definition) is 7. The number of benzene rings is 1. The van der Waals surface area contributed by atoms with Crippen molar-refractivity contribution in [3.8, 4) is 0 Å². The maximum absolute atomic E-state index is 12.4. The number of nitrogens with zero attached hydrogens (tertiary/aromatic N) is 3. The van der Waals surface area contributed by atoms with Crippen LogP contribution in [-0.2, 0) is 9.59 Å². The van der Waals surface area contributed by atoms with E-state index < -0.39 is 5.92 Å². The van der Waals surface area contributed by atoms with E-state index in [1.165, 1.54) is 32.1 Å². The Morgan fingerprint density at radius 3 is 2.56 bits per heavy atom. The molecule has 10 heteroatoms. The average molecular weight is 506 g/mol. The summed E-state index contributed by atoms with van der Waals surface area (Å²) in [5.41, 5.74) is 2.02. The Kier molecular flexibility index (Phi) is 6.46. The minimum absolute atomic E-state index is 0.177. The van der Waals surface area contributed by atoms with Gasteiger partial charge < -0.3 is 24.7 Å². The molecule has 2 heterocycles. The van der Waals surface area contributed by atoms with Gasteiger partial charge in [-0.15, -0.1) is 5.10 Å². The number of carbonyl (C=O) groups excluding carboxylic acids is 2. The maximum atomic E-state index is 12.4. The zero-order chi connectivity index (χ0) is 23.9. The lowest BCUT2D eigenvalue weighted by Crippen LogP contribution is -2.55. The third-order valence-electron chi connectivity index (χ3n) is 7.69. The van der Waals surface area contributed by atoms with E-state index in [0.717, 1.165) is 31.0 Å². The van der Waals surface area contributed by atoms with Crippen molar-refractivity contribution in [2.75, 3.05) is 30.4 Å².